The third kappa shape index (κ3) is 4.83. The highest BCUT2D eigenvalue weighted by Gasteiger charge is 2.19. The van der Waals surface area contributed by atoms with E-state index in [0.717, 1.165) is 22.4 Å². The molecule has 0 heterocycles. The number of esters is 1. The number of hydrogen-bond acceptors (Lipinski definition) is 3. The number of hydrogen-bond donors (Lipinski definition) is 1. The minimum Gasteiger partial charge on any atom is -0.452 e. The number of fused-ring (bicyclic) bond motifs is 1. The first kappa shape index (κ1) is 18.9. The van der Waals surface area contributed by atoms with Crippen LogP contribution in [0.3, 0.4) is 0 Å². The van der Waals surface area contributed by atoms with Crippen LogP contribution in [0, 0.1) is 5.82 Å². The summed E-state index contributed by atoms with van der Waals surface area (Å²) >= 11 is 5.68. The van der Waals surface area contributed by atoms with Gasteiger partial charge < -0.3 is 10.1 Å². The number of carbonyl (C=O) groups excluding carboxylic acids is 2. The molecule has 0 aliphatic rings. The van der Waals surface area contributed by atoms with Crippen LogP contribution < -0.4 is 5.32 Å². The van der Waals surface area contributed by atoms with E-state index in [1.807, 2.05) is 42.5 Å². The Kier molecular flexibility index (Phi) is 5.72. The van der Waals surface area contributed by atoms with Gasteiger partial charge in [-0.1, -0.05) is 54.1 Å². The molecule has 0 fully saturated rings. The van der Waals surface area contributed by atoms with Crippen LogP contribution in [0.4, 0.5) is 10.1 Å². The molecule has 138 valence electrons. The highest BCUT2D eigenvalue weighted by atomic mass is 35.5. The van der Waals surface area contributed by atoms with Crippen molar-refractivity contribution in [1.29, 1.82) is 0 Å². The number of halogens is 2. The molecular formula is C21H17ClFNO3. The number of benzene rings is 3. The van der Waals surface area contributed by atoms with Crippen LogP contribution >= 0.6 is 11.6 Å². The Morgan fingerprint density at radius 1 is 1.07 bits per heavy atom. The summed E-state index contributed by atoms with van der Waals surface area (Å²) in [7, 11) is 0. The predicted octanol–water partition coefficient (Wildman–Crippen LogP) is 4.75. The van der Waals surface area contributed by atoms with Crippen molar-refractivity contribution in [3.8, 4) is 0 Å². The maximum Gasteiger partial charge on any atom is 0.311 e. The molecule has 0 bridgehead atoms. The lowest BCUT2D eigenvalue weighted by Gasteiger charge is -2.14. The predicted molar refractivity (Wildman–Crippen MR) is 103 cm³/mol. The molecule has 0 unspecified atom stereocenters. The quantitative estimate of drug-likeness (QED) is 0.645. The zero-order valence-corrected chi connectivity index (χ0v) is 15.3. The van der Waals surface area contributed by atoms with Gasteiger partial charge in [-0.3, -0.25) is 9.59 Å². The van der Waals surface area contributed by atoms with E-state index >= 15 is 0 Å². The van der Waals surface area contributed by atoms with Crippen LogP contribution in [0.5, 0.6) is 0 Å². The molecule has 1 atom stereocenters. The fourth-order valence-electron chi connectivity index (χ4n) is 2.63. The molecule has 1 amide bonds. The molecule has 6 heteroatoms. The van der Waals surface area contributed by atoms with Crippen molar-refractivity contribution in [2.75, 3.05) is 5.32 Å². The molecule has 27 heavy (non-hydrogen) atoms. The Labute approximate surface area is 160 Å². The van der Waals surface area contributed by atoms with E-state index < -0.39 is 23.8 Å². The van der Waals surface area contributed by atoms with Gasteiger partial charge in [-0.05, 0) is 41.5 Å². The van der Waals surface area contributed by atoms with E-state index in [1.165, 1.54) is 19.1 Å². The van der Waals surface area contributed by atoms with E-state index in [2.05, 4.69) is 5.32 Å². The van der Waals surface area contributed by atoms with Crippen molar-refractivity contribution in [3.05, 3.63) is 77.1 Å². The molecule has 1 N–H and O–H groups in total. The molecule has 0 saturated carbocycles. The second-order valence-corrected chi connectivity index (χ2v) is 6.54. The monoisotopic (exact) mass is 385 g/mol. The first-order chi connectivity index (χ1) is 12.9. The number of rotatable bonds is 5. The van der Waals surface area contributed by atoms with Crippen LogP contribution in [0.15, 0.2) is 60.7 Å². The van der Waals surface area contributed by atoms with Gasteiger partial charge in [-0.25, -0.2) is 4.39 Å². The van der Waals surface area contributed by atoms with Crippen LogP contribution in [0.2, 0.25) is 5.02 Å². The molecule has 3 rings (SSSR count). The topological polar surface area (TPSA) is 55.4 Å². The third-order valence-corrected chi connectivity index (χ3v) is 4.26. The van der Waals surface area contributed by atoms with E-state index in [-0.39, 0.29) is 17.1 Å². The van der Waals surface area contributed by atoms with Crippen molar-refractivity contribution in [2.24, 2.45) is 0 Å². The van der Waals surface area contributed by atoms with Gasteiger partial charge in [0.1, 0.15) is 5.82 Å². The summed E-state index contributed by atoms with van der Waals surface area (Å²) in [5.74, 6) is -1.82. The fraction of sp³-hybridized carbons (Fsp3) is 0.143. The molecule has 0 spiro atoms. The second-order valence-electron chi connectivity index (χ2n) is 6.10. The van der Waals surface area contributed by atoms with E-state index in [0.29, 0.717) is 0 Å². The zero-order chi connectivity index (χ0) is 19.4. The second kappa shape index (κ2) is 8.18. The highest BCUT2D eigenvalue weighted by Crippen LogP contribution is 2.19. The standard InChI is InChI=1S/C21H17ClFNO3/c1-13(21(26)24-19-9-8-17(22)12-18(19)23)27-20(25)11-14-6-7-15-4-2-3-5-16(15)10-14/h2-10,12-13H,11H2,1H3,(H,24,26)/t13-/m1/s1. The van der Waals surface area contributed by atoms with Gasteiger partial charge in [0, 0.05) is 5.02 Å². The summed E-state index contributed by atoms with van der Waals surface area (Å²) in [4.78, 5) is 24.3. The summed E-state index contributed by atoms with van der Waals surface area (Å²) in [5.41, 5.74) is 0.761. The smallest absolute Gasteiger partial charge is 0.311 e. The van der Waals surface area contributed by atoms with Gasteiger partial charge in [0.25, 0.3) is 5.91 Å². The van der Waals surface area contributed by atoms with Gasteiger partial charge in [0.15, 0.2) is 6.10 Å². The summed E-state index contributed by atoms with van der Waals surface area (Å²) in [6.45, 7) is 1.43. The van der Waals surface area contributed by atoms with Gasteiger partial charge in [-0.2, -0.15) is 0 Å². The summed E-state index contributed by atoms with van der Waals surface area (Å²) in [6.07, 6.45) is -1.02. The van der Waals surface area contributed by atoms with Gasteiger partial charge >= 0.3 is 5.97 Å². The summed E-state index contributed by atoms with van der Waals surface area (Å²) < 4.78 is 18.9. The Hall–Kier alpha value is -2.92. The van der Waals surface area contributed by atoms with E-state index in [1.54, 1.807) is 0 Å². The largest absolute Gasteiger partial charge is 0.452 e. The van der Waals surface area contributed by atoms with Crippen molar-refractivity contribution >= 4 is 39.9 Å². The Balaban J connectivity index is 1.59. The lowest BCUT2D eigenvalue weighted by Crippen LogP contribution is -2.30. The zero-order valence-electron chi connectivity index (χ0n) is 14.5. The number of nitrogens with one attached hydrogen (secondary N) is 1. The number of ether oxygens (including phenoxy) is 1. The lowest BCUT2D eigenvalue weighted by atomic mass is 10.1. The first-order valence-corrected chi connectivity index (χ1v) is 8.73. The average Bonchev–Trinajstić information content (AvgIpc) is 2.63. The summed E-state index contributed by atoms with van der Waals surface area (Å²) in [6, 6.07) is 17.4. The fourth-order valence-corrected chi connectivity index (χ4v) is 2.79. The molecule has 0 aromatic heterocycles. The third-order valence-electron chi connectivity index (χ3n) is 4.03. The molecule has 0 saturated heterocycles. The van der Waals surface area contributed by atoms with Crippen LogP contribution in [-0.4, -0.2) is 18.0 Å². The SMILES string of the molecule is C[C@@H](OC(=O)Cc1ccc2ccccc2c1)C(=O)Nc1ccc(Cl)cc1F. The molecule has 0 radical (unpaired) electrons. The molecule has 3 aromatic carbocycles. The lowest BCUT2D eigenvalue weighted by molar-refractivity contribution is -0.152. The normalized spacial score (nSPS) is 11.8. The average molecular weight is 386 g/mol. The molecular weight excluding hydrogens is 369 g/mol. The van der Waals surface area contributed by atoms with Crippen molar-refractivity contribution in [3.63, 3.8) is 0 Å². The van der Waals surface area contributed by atoms with Gasteiger partial charge in [-0.15, -0.1) is 0 Å². The summed E-state index contributed by atoms with van der Waals surface area (Å²) in [5, 5.41) is 4.70. The van der Waals surface area contributed by atoms with Crippen molar-refractivity contribution < 1.29 is 18.7 Å². The maximum absolute atomic E-state index is 13.7. The van der Waals surface area contributed by atoms with Crippen molar-refractivity contribution in [1.82, 2.24) is 0 Å². The number of anilines is 1. The molecule has 0 aliphatic heterocycles. The molecule has 4 nitrogen and oxygen atoms in total. The van der Waals surface area contributed by atoms with Crippen LogP contribution in [0.25, 0.3) is 10.8 Å². The Morgan fingerprint density at radius 3 is 2.56 bits per heavy atom. The van der Waals surface area contributed by atoms with Gasteiger partial charge in [0.2, 0.25) is 0 Å². The van der Waals surface area contributed by atoms with Crippen LogP contribution in [-0.2, 0) is 20.7 Å². The highest BCUT2D eigenvalue weighted by molar-refractivity contribution is 6.30. The minimum absolute atomic E-state index is 0.0261. The minimum atomic E-state index is -1.06. The first-order valence-electron chi connectivity index (χ1n) is 8.35. The van der Waals surface area contributed by atoms with Crippen molar-refractivity contribution in [2.45, 2.75) is 19.4 Å². The maximum atomic E-state index is 13.7. The van der Waals surface area contributed by atoms with E-state index in [9.17, 15) is 14.0 Å². The van der Waals surface area contributed by atoms with Gasteiger partial charge in [0.05, 0.1) is 12.1 Å². The number of carbonyl (C=O) groups is 2. The molecule has 0 aliphatic carbocycles. The number of amides is 1. The molecule has 3 aromatic rings. The Morgan fingerprint density at radius 2 is 1.81 bits per heavy atom. The van der Waals surface area contributed by atoms with Crippen LogP contribution in [0.1, 0.15) is 12.5 Å². The van der Waals surface area contributed by atoms with E-state index in [4.69, 9.17) is 16.3 Å². The Bertz CT molecular complexity index is 1010.